The summed E-state index contributed by atoms with van der Waals surface area (Å²) >= 11 is 0. The van der Waals surface area contributed by atoms with Crippen LogP contribution in [0.25, 0.3) is 11.1 Å². The number of oxime groups is 1. The number of hydrogen-bond donors (Lipinski definition) is 0. The number of nitrogens with zero attached hydrogens (tertiary/aromatic N) is 4. The highest BCUT2D eigenvalue weighted by molar-refractivity contribution is 5.94. The van der Waals surface area contributed by atoms with Crippen LogP contribution in [0.2, 0.25) is 0 Å². The maximum Gasteiger partial charge on any atom is 0.298 e. The number of para-hydroxylation sites is 2. The van der Waals surface area contributed by atoms with E-state index in [1.165, 1.54) is 12.1 Å². The number of amides is 1. The summed E-state index contributed by atoms with van der Waals surface area (Å²) in [6.07, 6.45) is 1.11. The number of rotatable bonds is 4. The fourth-order valence-corrected chi connectivity index (χ4v) is 4.07. The molecule has 7 nitrogen and oxygen atoms in total. The molecular weight excluding hydrogens is 399 g/mol. The van der Waals surface area contributed by atoms with Crippen LogP contribution < -0.4 is 4.90 Å². The fourth-order valence-electron chi connectivity index (χ4n) is 4.07. The highest BCUT2D eigenvalue weighted by atomic mass is 19.1. The van der Waals surface area contributed by atoms with Crippen molar-refractivity contribution < 1.29 is 18.4 Å². The largest absolute Gasteiger partial charge is 0.423 e. The molecule has 2 aromatic carbocycles. The fraction of sp³-hybridized carbons (Fsp3) is 0.348. The minimum absolute atomic E-state index is 0.0580. The Hall–Kier alpha value is -3.42. The Balaban J connectivity index is 1.18. The minimum Gasteiger partial charge on any atom is -0.423 e. The van der Waals surface area contributed by atoms with Gasteiger partial charge in [0.15, 0.2) is 5.58 Å². The zero-order valence-electron chi connectivity index (χ0n) is 17.0. The average molecular weight is 422 g/mol. The number of carbonyl (C=O) groups excluding carboxylic acids is 1. The van der Waals surface area contributed by atoms with Gasteiger partial charge in [-0.3, -0.25) is 4.79 Å². The van der Waals surface area contributed by atoms with Gasteiger partial charge in [-0.15, -0.1) is 0 Å². The lowest BCUT2D eigenvalue weighted by atomic mass is 10.0. The molecule has 0 unspecified atom stereocenters. The number of hydrogen-bond acceptors (Lipinski definition) is 6. The van der Waals surface area contributed by atoms with Gasteiger partial charge in [0.25, 0.3) is 11.9 Å². The maximum absolute atomic E-state index is 13.4. The molecule has 1 amide bonds. The topological polar surface area (TPSA) is 71.2 Å². The first-order chi connectivity index (χ1) is 15.2. The molecular formula is C23H23FN4O3. The maximum atomic E-state index is 13.4. The molecule has 0 radical (unpaired) electrons. The second-order valence-electron chi connectivity index (χ2n) is 7.89. The quantitative estimate of drug-likeness (QED) is 0.645. The van der Waals surface area contributed by atoms with Gasteiger partial charge in [0, 0.05) is 39.0 Å². The summed E-state index contributed by atoms with van der Waals surface area (Å²) in [5, 5.41) is 4.08. The van der Waals surface area contributed by atoms with Crippen LogP contribution in [0, 0.1) is 5.82 Å². The molecule has 1 fully saturated rings. The van der Waals surface area contributed by atoms with E-state index >= 15 is 0 Å². The van der Waals surface area contributed by atoms with Crippen molar-refractivity contribution in [2.45, 2.75) is 25.4 Å². The van der Waals surface area contributed by atoms with Crippen LogP contribution in [0.4, 0.5) is 10.4 Å². The molecule has 0 aliphatic carbocycles. The van der Waals surface area contributed by atoms with Gasteiger partial charge in [-0.1, -0.05) is 29.4 Å². The SMILES string of the molecule is O=C([C@@H]1CC(Cc2cccc(F)c2)=NO1)N1CCCN(c2nc3ccccc3o2)CC1. The van der Waals surface area contributed by atoms with Crippen molar-refractivity contribution in [3.8, 4) is 0 Å². The summed E-state index contributed by atoms with van der Waals surface area (Å²) in [6, 6.07) is 14.7. The second kappa shape index (κ2) is 8.37. The molecule has 1 saturated heterocycles. The Morgan fingerprint density at radius 2 is 2.00 bits per heavy atom. The normalized spacial score (nSPS) is 19.3. The van der Waals surface area contributed by atoms with Crippen LogP contribution in [0.5, 0.6) is 0 Å². The van der Waals surface area contributed by atoms with Gasteiger partial charge < -0.3 is 19.1 Å². The lowest BCUT2D eigenvalue weighted by molar-refractivity contribution is -0.141. The summed E-state index contributed by atoms with van der Waals surface area (Å²) < 4.78 is 19.3. The third-order valence-corrected chi connectivity index (χ3v) is 5.66. The number of halogens is 1. The van der Waals surface area contributed by atoms with Crippen LogP contribution in [0.15, 0.2) is 58.1 Å². The predicted octanol–water partition coefficient (Wildman–Crippen LogP) is 3.39. The third kappa shape index (κ3) is 4.23. The molecule has 3 aromatic rings. The van der Waals surface area contributed by atoms with E-state index in [1.807, 2.05) is 35.2 Å². The predicted molar refractivity (Wildman–Crippen MR) is 114 cm³/mol. The Morgan fingerprint density at radius 3 is 2.87 bits per heavy atom. The van der Waals surface area contributed by atoms with Crippen LogP contribution in [-0.4, -0.2) is 53.8 Å². The summed E-state index contributed by atoms with van der Waals surface area (Å²) in [7, 11) is 0. The van der Waals surface area contributed by atoms with Crippen molar-refractivity contribution in [2.24, 2.45) is 5.16 Å². The smallest absolute Gasteiger partial charge is 0.298 e. The highest BCUT2D eigenvalue weighted by Gasteiger charge is 2.33. The Kier molecular flexibility index (Phi) is 5.28. The molecule has 1 atom stereocenters. The molecule has 5 rings (SSSR count). The summed E-state index contributed by atoms with van der Waals surface area (Å²) in [5.41, 5.74) is 3.17. The number of carbonyl (C=O) groups is 1. The first-order valence-electron chi connectivity index (χ1n) is 10.5. The van der Waals surface area contributed by atoms with Crippen molar-refractivity contribution in [1.29, 1.82) is 0 Å². The molecule has 0 saturated carbocycles. The van der Waals surface area contributed by atoms with Gasteiger partial charge in [-0.2, -0.15) is 4.98 Å². The van der Waals surface area contributed by atoms with Gasteiger partial charge in [0.2, 0.25) is 6.10 Å². The number of fused-ring (bicyclic) bond motifs is 1. The third-order valence-electron chi connectivity index (χ3n) is 5.66. The zero-order chi connectivity index (χ0) is 21.2. The first-order valence-corrected chi connectivity index (χ1v) is 10.5. The summed E-state index contributed by atoms with van der Waals surface area (Å²) in [4.78, 5) is 26.9. The van der Waals surface area contributed by atoms with Crippen LogP contribution >= 0.6 is 0 Å². The van der Waals surface area contributed by atoms with E-state index in [0.29, 0.717) is 38.5 Å². The highest BCUT2D eigenvalue weighted by Crippen LogP contribution is 2.23. The van der Waals surface area contributed by atoms with Crippen LogP contribution in [-0.2, 0) is 16.1 Å². The first kappa shape index (κ1) is 19.5. The van der Waals surface area contributed by atoms with Gasteiger partial charge in [0.05, 0.1) is 5.71 Å². The number of aromatic nitrogens is 1. The number of oxazole rings is 1. The van der Waals surface area contributed by atoms with Crippen molar-refractivity contribution in [2.75, 3.05) is 31.1 Å². The van der Waals surface area contributed by atoms with Gasteiger partial charge in [-0.25, -0.2) is 4.39 Å². The Bertz CT molecular complexity index is 1100. The Morgan fingerprint density at radius 1 is 1.10 bits per heavy atom. The lowest BCUT2D eigenvalue weighted by Crippen LogP contribution is -2.41. The molecule has 160 valence electrons. The molecule has 3 heterocycles. The lowest BCUT2D eigenvalue weighted by Gasteiger charge is -2.23. The second-order valence-corrected chi connectivity index (χ2v) is 7.89. The zero-order valence-corrected chi connectivity index (χ0v) is 17.0. The Labute approximate surface area is 179 Å². The summed E-state index contributed by atoms with van der Waals surface area (Å²) in [6.45, 7) is 2.62. The molecule has 2 aliphatic rings. The van der Waals surface area contributed by atoms with Gasteiger partial charge in [0.1, 0.15) is 11.3 Å². The van der Waals surface area contributed by atoms with E-state index in [2.05, 4.69) is 15.0 Å². The van der Waals surface area contributed by atoms with E-state index in [1.54, 1.807) is 6.07 Å². The van der Waals surface area contributed by atoms with E-state index in [4.69, 9.17) is 9.25 Å². The average Bonchev–Trinajstić information content (AvgIpc) is 3.34. The monoisotopic (exact) mass is 422 g/mol. The summed E-state index contributed by atoms with van der Waals surface area (Å²) in [5.74, 6) is -0.338. The van der Waals surface area contributed by atoms with Crippen molar-refractivity contribution in [3.05, 3.63) is 59.9 Å². The van der Waals surface area contributed by atoms with E-state index < -0.39 is 6.10 Å². The number of anilines is 1. The number of benzene rings is 2. The van der Waals surface area contributed by atoms with Crippen molar-refractivity contribution in [1.82, 2.24) is 9.88 Å². The van der Waals surface area contributed by atoms with Crippen molar-refractivity contribution in [3.63, 3.8) is 0 Å². The molecule has 0 bridgehead atoms. The van der Waals surface area contributed by atoms with E-state index in [9.17, 15) is 9.18 Å². The van der Waals surface area contributed by atoms with E-state index in [-0.39, 0.29) is 11.7 Å². The van der Waals surface area contributed by atoms with Crippen molar-refractivity contribution >= 4 is 28.7 Å². The molecule has 31 heavy (non-hydrogen) atoms. The molecule has 0 N–H and O–H groups in total. The molecule has 0 spiro atoms. The van der Waals surface area contributed by atoms with Crippen LogP contribution in [0.1, 0.15) is 18.4 Å². The molecule has 2 aliphatic heterocycles. The van der Waals surface area contributed by atoms with Crippen LogP contribution in [0.3, 0.4) is 0 Å². The minimum atomic E-state index is -0.612. The molecule has 1 aromatic heterocycles. The van der Waals surface area contributed by atoms with Gasteiger partial charge in [-0.05, 0) is 36.2 Å². The molecule has 8 heteroatoms. The van der Waals surface area contributed by atoms with E-state index in [0.717, 1.165) is 35.3 Å². The van der Waals surface area contributed by atoms with Gasteiger partial charge >= 0.3 is 0 Å². The standard InChI is InChI=1S/C23H23FN4O3/c24-17-6-3-5-16(13-17)14-18-15-21(31-26-18)22(29)27-9-4-10-28(12-11-27)23-25-19-7-1-2-8-20(19)30-23/h1-3,5-8,13,21H,4,9-12,14-15H2/t21-/m0/s1.